The third kappa shape index (κ3) is 2.86. The van der Waals surface area contributed by atoms with Crippen LogP contribution in [0.5, 0.6) is 5.75 Å². The van der Waals surface area contributed by atoms with E-state index in [0.717, 1.165) is 0 Å². The molecule has 0 aromatic heterocycles. The number of aromatic hydroxyl groups is 1. The number of carbonyl (C=O) groups is 2. The molecule has 2 rings (SSSR count). The highest BCUT2D eigenvalue weighted by atomic mass is 16.5. The van der Waals surface area contributed by atoms with Crippen molar-refractivity contribution in [3.63, 3.8) is 0 Å². The minimum absolute atomic E-state index is 0.0393. The smallest absolute Gasteiger partial charge is 0.338 e. The molecule has 5 nitrogen and oxygen atoms in total. The molecule has 0 heterocycles. The van der Waals surface area contributed by atoms with Crippen LogP contribution < -0.4 is 5.73 Å². The van der Waals surface area contributed by atoms with Crippen molar-refractivity contribution in [3.8, 4) is 5.75 Å². The number of benzene rings is 2. The van der Waals surface area contributed by atoms with E-state index in [0.29, 0.717) is 0 Å². The fraction of sp³-hybridized carbons (Fsp3) is 0.125. The van der Waals surface area contributed by atoms with Gasteiger partial charge in [-0.05, 0) is 31.2 Å². The number of para-hydroxylation sites is 1. The molecule has 0 saturated heterocycles. The molecule has 0 aliphatic heterocycles. The third-order valence-electron chi connectivity index (χ3n) is 2.97. The highest BCUT2D eigenvalue weighted by molar-refractivity contribution is 6.18. The maximum atomic E-state index is 12.6. The molecule has 21 heavy (non-hydrogen) atoms. The van der Waals surface area contributed by atoms with Gasteiger partial charge in [-0.25, -0.2) is 4.79 Å². The van der Waals surface area contributed by atoms with Gasteiger partial charge in [0.05, 0.1) is 23.3 Å². The van der Waals surface area contributed by atoms with Crippen LogP contribution >= 0.6 is 0 Å². The van der Waals surface area contributed by atoms with Crippen molar-refractivity contribution in [1.29, 1.82) is 0 Å². The first-order chi connectivity index (χ1) is 10.1. The Balaban J connectivity index is 2.56. The van der Waals surface area contributed by atoms with Crippen LogP contribution in [0.1, 0.15) is 33.2 Å². The summed E-state index contributed by atoms with van der Waals surface area (Å²) in [6.07, 6.45) is 0. The van der Waals surface area contributed by atoms with Crippen LogP contribution in [0.25, 0.3) is 0 Å². The number of ketones is 1. The van der Waals surface area contributed by atoms with E-state index >= 15 is 0 Å². The SMILES string of the molecule is CCOC(=O)c1cccc(N)c1C(=O)c1ccccc1O. The van der Waals surface area contributed by atoms with Crippen molar-refractivity contribution in [2.75, 3.05) is 12.3 Å². The van der Waals surface area contributed by atoms with E-state index in [1.807, 2.05) is 0 Å². The molecule has 0 aliphatic carbocycles. The first-order valence-electron chi connectivity index (χ1n) is 6.44. The number of hydrogen-bond donors (Lipinski definition) is 2. The topological polar surface area (TPSA) is 89.6 Å². The van der Waals surface area contributed by atoms with Gasteiger partial charge in [-0.2, -0.15) is 0 Å². The Bertz CT molecular complexity index is 694. The summed E-state index contributed by atoms with van der Waals surface area (Å²) in [5, 5.41) is 9.79. The summed E-state index contributed by atoms with van der Waals surface area (Å²) in [4.78, 5) is 24.5. The first kappa shape index (κ1) is 14.6. The summed E-state index contributed by atoms with van der Waals surface area (Å²) in [6, 6.07) is 10.7. The summed E-state index contributed by atoms with van der Waals surface area (Å²) in [7, 11) is 0. The van der Waals surface area contributed by atoms with Gasteiger partial charge in [0, 0.05) is 5.69 Å². The number of nitrogens with two attached hydrogens (primary N) is 1. The van der Waals surface area contributed by atoms with Crippen molar-refractivity contribution >= 4 is 17.4 Å². The van der Waals surface area contributed by atoms with Crippen molar-refractivity contribution in [1.82, 2.24) is 0 Å². The number of carbonyl (C=O) groups excluding carboxylic acids is 2. The fourth-order valence-electron chi connectivity index (χ4n) is 2.00. The van der Waals surface area contributed by atoms with Gasteiger partial charge in [-0.15, -0.1) is 0 Å². The molecule has 0 saturated carbocycles. The molecule has 0 radical (unpaired) electrons. The lowest BCUT2D eigenvalue weighted by Gasteiger charge is -2.11. The highest BCUT2D eigenvalue weighted by Gasteiger charge is 2.23. The van der Waals surface area contributed by atoms with Crippen LogP contribution in [0, 0.1) is 0 Å². The van der Waals surface area contributed by atoms with E-state index in [2.05, 4.69) is 0 Å². The summed E-state index contributed by atoms with van der Waals surface area (Å²) >= 11 is 0. The second kappa shape index (κ2) is 6.09. The average Bonchev–Trinajstić information content (AvgIpc) is 2.47. The number of ether oxygens (including phenoxy) is 1. The van der Waals surface area contributed by atoms with Gasteiger partial charge in [0.2, 0.25) is 0 Å². The molecule has 2 aromatic rings. The predicted molar refractivity (Wildman–Crippen MR) is 78.4 cm³/mol. The Morgan fingerprint density at radius 2 is 1.76 bits per heavy atom. The van der Waals surface area contributed by atoms with Crippen molar-refractivity contribution in [2.24, 2.45) is 0 Å². The van der Waals surface area contributed by atoms with Crippen molar-refractivity contribution in [3.05, 3.63) is 59.2 Å². The Kier molecular flexibility index (Phi) is 4.23. The van der Waals surface area contributed by atoms with E-state index < -0.39 is 11.8 Å². The number of esters is 1. The third-order valence-corrected chi connectivity index (χ3v) is 2.97. The van der Waals surface area contributed by atoms with E-state index in [9.17, 15) is 14.7 Å². The molecule has 0 aliphatic rings. The first-order valence-corrected chi connectivity index (χ1v) is 6.44. The van der Waals surface area contributed by atoms with Gasteiger partial charge < -0.3 is 15.6 Å². The minimum Gasteiger partial charge on any atom is -0.507 e. The molecule has 5 heteroatoms. The van der Waals surface area contributed by atoms with Gasteiger partial charge in [0.1, 0.15) is 5.75 Å². The highest BCUT2D eigenvalue weighted by Crippen LogP contribution is 2.26. The molecule has 3 N–H and O–H groups in total. The van der Waals surface area contributed by atoms with Gasteiger partial charge >= 0.3 is 5.97 Å². The molecule has 0 fully saturated rings. The maximum Gasteiger partial charge on any atom is 0.338 e. The van der Waals surface area contributed by atoms with E-state index in [-0.39, 0.29) is 34.7 Å². The molecule has 0 amide bonds. The zero-order valence-electron chi connectivity index (χ0n) is 11.5. The Labute approximate surface area is 122 Å². The normalized spacial score (nSPS) is 10.1. The van der Waals surface area contributed by atoms with E-state index in [1.54, 1.807) is 25.1 Å². The molecule has 108 valence electrons. The zero-order chi connectivity index (χ0) is 15.4. The van der Waals surface area contributed by atoms with Crippen LogP contribution in [0.2, 0.25) is 0 Å². The zero-order valence-corrected chi connectivity index (χ0v) is 11.5. The van der Waals surface area contributed by atoms with Gasteiger partial charge in [-0.1, -0.05) is 18.2 Å². The monoisotopic (exact) mass is 285 g/mol. The molecule has 0 spiro atoms. The fourth-order valence-corrected chi connectivity index (χ4v) is 2.00. The predicted octanol–water partition coefficient (Wildman–Crippen LogP) is 2.38. The summed E-state index contributed by atoms with van der Waals surface area (Å²) < 4.78 is 4.93. The number of nitrogen functional groups attached to an aromatic ring is 1. The van der Waals surface area contributed by atoms with Crippen molar-refractivity contribution < 1.29 is 19.4 Å². The Hall–Kier alpha value is -2.82. The number of phenolic OH excluding ortho intramolecular Hbond substituents is 1. The maximum absolute atomic E-state index is 12.6. The lowest BCUT2D eigenvalue weighted by atomic mass is 9.96. The van der Waals surface area contributed by atoms with Gasteiger partial charge in [0.15, 0.2) is 5.78 Å². The van der Waals surface area contributed by atoms with Crippen LogP contribution in [-0.4, -0.2) is 23.5 Å². The largest absolute Gasteiger partial charge is 0.507 e. The summed E-state index contributed by atoms with van der Waals surface area (Å²) in [5.41, 5.74) is 6.21. The Morgan fingerprint density at radius 1 is 1.10 bits per heavy atom. The van der Waals surface area contributed by atoms with Crippen LogP contribution in [-0.2, 0) is 4.74 Å². The van der Waals surface area contributed by atoms with Gasteiger partial charge in [0.25, 0.3) is 0 Å². The molecule has 0 bridgehead atoms. The number of anilines is 1. The van der Waals surface area contributed by atoms with E-state index in [4.69, 9.17) is 10.5 Å². The second-order valence-electron chi connectivity index (χ2n) is 4.34. The molecule has 0 atom stereocenters. The number of phenols is 1. The van der Waals surface area contributed by atoms with Crippen molar-refractivity contribution in [2.45, 2.75) is 6.92 Å². The van der Waals surface area contributed by atoms with Crippen LogP contribution in [0.4, 0.5) is 5.69 Å². The van der Waals surface area contributed by atoms with Crippen LogP contribution in [0.3, 0.4) is 0 Å². The quantitative estimate of drug-likeness (QED) is 0.511. The summed E-state index contributed by atoms with van der Waals surface area (Å²) in [5.74, 6) is -1.31. The minimum atomic E-state index is -0.622. The number of hydrogen-bond acceptors (Lipinski definition) is 5. The molecule has 2 aromatic carbocycles. The second-order valence-corrected chi connectivity index (χ2v) is 4.34. The lowest BCUT2D eigenvalue weighted by molar-refractivity contribution is 0.0523. The Morgan fingerprint density at radius 3 is 2.43 bits per heavy atom. The average molecular weight is 285 g/mol. The van der Waals surface area contributed by atoms with E-state index in [1.165, 1.54) is 24.3 Å². The lowest BCUT2D eigenvalue weighted by Crippen LogP contribution is -2.15. The van der Waals surface area contributed by atoms with Gasteiger partial charge in [-0.3, -0.25) is 4.79 Å². The summed E-state index contributed by atoms with van der Waals surface area (Å²) in [6.45, 7) is 1.87. The van der Waals surface area contributed by atoms with Crippen LogP contribution in [0.15, 0.2) is 42.5 Å². The standard InChI is InChI=1S/C16H15NO4/c1-2-21-16(20)11-7-5-8-12(17)14(11)15(19)10-6-3-4-9-13(10)18/h3-9,18H,2,17H2,1H3. The molecular weight excluding hydrogens is 270 g/mol. The molecular formula is C16H15NO4. The molecule has 0 unspecified atom stereocenters. The number of rotatable bonds is 4.